The summed E-state index contributed by atoms with van der Waals surface area (Å²) in [6, 6.07) is 38.6. The number of benzene rings is 5. The molecule has 0 aliphatic carbocycles. The molecule has 2 aliphatic rings. The van der Waals surface area contributed by atoms with Crippen LogP contribution in [0.2, 0.25) is 0 Å². The van der Waals surface area contributed by atoms with Crippen LogP contribution in [-0.4, -0.2) is 0 Å². The molecule has 4 atom stereocenters. The van der Waals surface area contributed by atoms with Gasteiger partial charge < -0.3 is 4.74 Å². The molecular formula is C32H22O. The van der Waals surface area contributed by atoms with Crippen molar-refractivity contribution < 1.29 is 4.74 Å². The molecule has 2 bridgehead atoms. The first-order valence-electron chi connectivity index (χ1n) is 11.6. The Balaban J connectivity index is 1.50. The van der Waals surface area contributed by atoms with Crippen molar-refractivity contribution in [3.8, 4) is 11.8 Å². The van der Waals surface area contributed by atoms with Gasteiger partial charge in [0.25, 0.3) is 0 Å². The molecular weight excluding hydrogens is 400 g/mol. The first kappa shape index (κ1) is 18.7. The Bertz CT molecular complexity index is 1560. The van der Waals surface area contributed by atoms with Gasteiger partial charge in [0.1, 0.15) is 0 Å². The summed E-state index contributed by atoms with van der Waals surface area (Å²) < 4.78 is 6.82. The topological polar surface area (TPSA) is 9.23 Å². The third-order valence-electron chi connectivity index (χ3n) is 7.26. The lowest BCUT2D eigenvalue weighted by molar-refractivity contribution is 0.0635. The fraction of sp³-hybridized carbons (Fsp3) is 0.125. The van der Waals surface area contributed by atoms with Gasteiger partial charge in [0, 0.05) is 11.5 Å². The van der Waals surface area contributed by atoms with Crippen molar-refractivity contribution in [2.45, 2.75) is 18.1 Å². The minimum atomic E-state index is -0.0269. The van der Waals surface area contributed by atoms with E-state index in [0.29, 0.717) is 0 Å². The molecule has 1 nitrogen and oxygen atoms in total. The van der Waals surface area contributed by atoms with Crippen LogP contribution in [0.1, 0.15) is 40.4 Å². The second kappa shape index (κ2) is 7.34. The number of rotatable bonds is 1. The molecule has 0 radical (unpaired) electrons. The Labute approximate surface area is 193 Å². The summed E-state index contributed by atoms with van der Waals surface area (Å²) in [6.07, 6.45) is -0.0158. The van der Waals surface area contributed by atoms with Crippen molar-refractivity contribution >= 4 is 21.5 Å². The van der Waals surface area contributed by atoms with Gasteiger partial charge in [-0.1, -0.05) is 109 Å². The molecule has 1 heteroatoms. The summed E-state index contributed by atoms with van der Waals surface area (Å²) in [5, 5.41) is 5.22. The molecule has 1 saturated heterocycles. The van der Waals surface area contributed by atoms with Crippen molar-refractivity contribution in [3.63, 3.8) is 0 Å². The summed E-state index contributed by atoms with van der Waals surface area (Å²) >= 11 is 0. The molecule has 5 aromatic carbocycles. The summed E-state index contributed by atoms with van der Waals surface area (Å²) in [5.74, 6) is 7.43. The summed E-state index contributed by atoms with van der Waals surface area (Å²) in [4.78, 5) is 0. The third kappa shape index (κ3) is 2.78. The van der Waals surface area contributed by atoms with Gasteiger partial charge in [-0.25, -0.2) is 0 Å². The monoisotopic (exact) mass is 422 g/mol. The van der Waals surface area contributed by atoms with Gasteiger partial charge in [-0.2, -0.15) is 0 Å². The average molecular weight is 423 g/mol. The highest BCUT2D eigenvalue weighted by Crippen LogP contribution is 2.63. The molecule has 5 aromatic rings. The van der Waals surface area contributed by atoms with E-state index in [-0.39, 0.29) is 24.0 Å². The van der Waals surface area contributed by atoms with E-state index in [4.69, 9.17) is 4.74 Å². The lowest BCUT2D eigenvalue weighted by Crippen LogP contribution is -2.20. The first-order valence-corrected chi connectivity index (χ1v) is 11.6. The van der Waals surface area contributed by atoms with Crippen LogP contribution >= 0.6 is 0 Å². The minimum absolute atomic E-state index is 0.0111. The maximum absolute atomic E-state index is 6.82. The van der Waals surface area contributed by atoms with Crippen LogP contribution in [-0.2, 0) is 4.74 Å². The summed E-state index contributed by atoms with van der Waals surface area (Å²) in [7, 11) is 0. The zero-order chi connectivity index (χ0) is 21.8. The molecule has 0 unspecified atom stereocenters. The van der Waals surface area contributed by atoms with Crippen molar-refractivity contribution in [1.82, 2.24) is 0 Å². The normalized spacial score (nSPS) is 22.8. The number of hydrogen-bond acceptors (Lipinski definition) is 1. The van der Waals surface area contributed by atoms with Gasteiger partial charge in [0.05, 0.1) is 18.1 Å². The molecule has 0 N–H and O–H groups in total. The Morgan fingerprint density at radius 2 is 1.03 bits per heavy atom. The Morgan fingerprint density at radius 1 is 0.515 bits per heavy atom. The van der Waals surface area contributed by atoms with Crippen LogP contribution < -0.4 is 0 Å². The van der Waals surface area contributed by atoms with Gasteiger partial charge in [0.2, 0.25) is 0 Å². The van der Waals surface area contributed by atoms with Crippen molar-refractivity contribution in [1.29, 1.82) is 0 Å². The first-order chi connectivity index (χ1) is 16.4. The van der Waals surface area contributed by atoms with Crippen molar-refractivity contribution in [2.75, 3.05) is 0 Å². The quantitative estimate of drug-likeness (QED) is 0.200. The Morgan fingerprint density at radius 3 is 1.67 bits per heavy atom. The van der Waals surface area contributed by atoms with E-state index in [1.54, 1.807) is 0 Å². The predicted octanol–water partition coefficient (Wildman–Crippen LogP) is 7.57. The average Bonchev–Trinajstić information content (AvgIpc) is 3.46. The fourth-order valence-electron chi connectivity index (χ4n) is 5.92. The largest absolute Gasteiger partial charge is 0.364 e. The highest BCUT2D eigenvalue weighted by atomic mass is 16.5. The van der Waals surface area contributed by atoms with E-state index in [1.807, 2.05) is 18.2 Å². The number of fused-ring (bicyclic) bond motifs is 10. The predicted molar refractivity (Wildman–Crippen MR) is 134 cm³/mol. The van der Waals surface area contributed by atoms with Crippen LogP contribution in [0.15, 0.2) is 109 Å². The molecule has 0 saturated carbocycles. The van der Waals surface area contributed by atoms with E-state index in [1.165, 1.54) is 38.2 Å². The maximum Gasteiger partial charge on any atom is 0.0987 e. The molecule has 0 spiro atoms. The van der Waals surface area contributed by atoms with E-state index in [0.717, 1.165) is 5.56 Å². The molecule has 2 heterocycles. The number of ether oxygens (including phenoxy) is 1. The third-order valence-corrected chi connectivity index (χ3v) is 7.26. The summed E-state index contributed by atoms with van der Waals surface area (Å²) in [6.45, 7) is 0. The highest BCUT2D eigenvalue weighted by Gasteiger charge is 2.53. The smallest absolute Gasteiger partial charge is 0.0987 e. The molecule has 0 aromatic heterocycles. The van der Waals surface area contributed by atoms with Gasteiger partial charge in [-0.15, -0.1) is 0 Å². The summed E-state index contributed by atoms with van der Waals surface area (Å²) in [5.41, 5.74) is 5.06. The zero-order valence-electron chi connectivity index (χ0n) is 18.1. The van der Waals surface area contributed by atoms with E-state index < -0.39 is 0 Å². The van der Waals surface area contributed by atoms with Crippen LogP contribution in [0.5, 0.6) is 0 Å². The fourth-order valence-corrected chi connectivity index (χ4v) is 5.92. The lowest BCUT2D eigenvalue weighted by atomic mass is 9.70. The Hall–Kier alpha value is -3.86. The van der Waals surface area contributed by atoms with Crippen LogP contribution in [0.25, 0.3) is 21.5 Å². The lowest BCUT2D eigenvalue weighted by Gasteiger charge is -2.29. The molecule has 2 aliphatic heterocycles. The Kier molecular flexibility index (Phi) is 4.16. The van der Waals surface area contributed by atoms with Crippen LogP contribution in [0.4, 0.5) is 0 Å². The molecule has 0 amide bonds. The SMILES string of the molecule is C(#C[C@@H]1[C@H](c2ccccc2)[C@@H]2O[C@H]1c1c2c2ccccc2c2ccccc12)c1ccccc1. The second-order valence-electron chi connectivity index (χ2n) is 8.99. The van der Waals surface area contributed by atoms with Gasteiger partial charge in [-0.05, 0) is 50.4 Å². The van der Waals surface area contributed by atoms with Crippen molar-refractivity contribution in [2.24, 2.45) is 5.92 Å². The van der Waals surface area contributed by atoms with Gasteiger partial charge in [0.15, 0.2) is 0 Å². The van der Waals surface area contributed by atoms with Gasteiger partial charge in [-0.3, -0.25) is 0 Å². The zero-order valence-corrected chi connectivity index (χ0v) is 18.1. The van der Waals surface area contributed by atoms with Gasteiger partial charge >= 0.3 is 0 Å². The molecule has 33 heavy (non-hydrogen) atoms. The standard InChI is InChI=1S/C32H22O/c1-3-11-21(12-4-1)19-20-27-28(22-13-5-2-6-14-22)32-30-26-18-10-8-16-24(26)23-15-7-9-17-25(23)29(30)31(27)33-32/h1-18,27-28,31-32H/t27-,28+,31-,32+/m1/s1. The van der Waals surface area contributed by atoms with E-state index >= 15 is 0 Å². The van der Waals surface area contributed by atoms with Crippen molar-refractivity contribution in [3.05, 3.63) is 131 Å². The van der Waals surface area contributed by atoms with Crippen LogP contribution in [0, 0.1) is 17.8 Å². The minimum Gasteiger partial charge on any atom is -0.364 e. The van der Waals surface area contributed by atoms with E-state index in [9.17, 15) is 0 Å². The highest BCUT2D eigenvalue weighted by molar-refractivity contribution is 6.11. The molecule has 1 fully saturated rings. The van der Waals surface area contributed by atoms with E-state index in [2.05, 4.69) is 103 Å². The molecule has 7 rings (SSSR count). The molecule has 156 valence electrons. The maximum atomic E-state index is 6.82. The number of hydrogen-bond donors (Lipinski definition) is 0. The second-order valence-corrected chi connectivity index (χ2v) is 8.99. The van der Waals surface area contributed by atoms with Crippen LogP contribution in [0.3, 0.4) is 0 Å².